The van der Waals surface area contributed by atoms with Gasteiger partial charge in [-0.15, -0.1) is 0 Å². The van der Waals surface area contributed by atoms with Crippen molar-refractivity contribution in [2.24, 2.45) is 5.92 Å². The van der Waals surface area contributed by atoms with Crippen LogP contribution in [0.4, 0.5) is 0 Å². The maximum Gasteiger partial charge on any atom is 0.263 e. The molecule has 0 aromatic heterocycles. The van der Waals surface area contributed by atoms with Gasteiger partial charge in [-0.05, 0) is 31.6 Å². The number of likely N-dealkylation sites (tertiary alicyclic amines) is 2. The minimum absolute atomic E-state index is 0.163. The predicted molar refractivity (Wildman–Crippen MR) is 87.1 cm³/mol. The third-order valence-electron chi connectivity index (χ3n) is 4.43. The fourth-order valence-corrected chi connectivity index (χ4v) is 3.17. The molecule has 2 saturated heterocycles. The Kier molecular flexibility index (Phi) is 6.45. The number of nitrogens with zero attached hydrogens (tertiary/aromatic N) is 3. The van der Waals surface area contributed by atoms with E-state index in [0.29, 0.717) is 25.4 Å². The van der Waals surface area contributed by atoms with E-state index in [1.54, 1.807) is 6.20 Å². The van der Waals surface area contributed by atoms with E-state index in [0.717, 1.165) is 38.9 Å². The van der Waals surface area contributed by atoms with Gasteiger partial charge in [0, 0.05) is 45.3 Å². The van der Waals surface area contributed by atoms with Gasteiger partial charge in [-0.2, -0.15) is 5.26 Å². The maximum absolute atomic E-state index is 12.1. The van der Waals surface area contributed by atoms with Crippen molar-refractivity contribution in [3.05, 3.63) is 11.8 Å². The zero-order valence-corrected chi connectivity index (χ0v) is 13.9. The van der Waals surface area contributed by atoms with Crippen LogP contribution >= 0.6 is 0 Å². The van der Waals surface area contributed by atoms with Gasteiger partial charge in [0.05, 0.1) is 0 Å². The summed E-state index contributed by atoms with van der Waals surface area (Å²) in [5, 5.41) is 12.0. The molecule has 2 heterocycles. The lowest BCUT2D eigenvalue weighted by Crippen LogP contribution is -2.33. The largest absolute Gasteiger partial charge is 0.376 e. The number of piperidine rings is 1. The third kappa shape index (κ3) is 5.27. The van der Waals surface area contributed by atoms with E-state index in [1.165, 1.54) is 6.42 Å². The van der Waals surface area contributed by atoms with E-state index < -0.39 is 0 Å². The molecule has 0 bridgehead atoms. The molecule has 2 aliphatic heterocycles. The van der Waals surface area contributed by atoms with Crippen molar-refractivity contribution in [1.29, 1.82) is 5.26 Å². The van der Waals surface area contributed by atoms with Crippen LogP contribution < -0.4 is 5.32 Å². The molecule has 1 N–H and O–H groups in total. The zero-order chi connectivity index (χ0) is 16.7. The molecule has 1 unspecified atom stereocenters. The van der Waals surface area contributed by atoms with E-state index in [-0.39, 0.29) is 17.4 Å². The maximum atomic E-state index is 12.1. The van der Waals surface area contributed by atoms with Crippen LogP contribution in [-0.2, 0) is 9.59 Å². The molecular weight excluding hydrogens is 292 g/mol. The number of amides is 2. The minimum atomic E-state index is -0.321. The van der Waals surface area contributed by atoms with Gasteiger partial charge in [-0.3, -0.25) is 9.59 Å². The highest BCUT2D eigenvalue weighted by molar-refractivity contribution is 5.97. The van der Waals surface area contributed by atoms with E-state index >= 15 is 0 Å². The lowest BCUT2D eigenvalue weighted by Gasteiger charge is -2.29. The standard InChI is InChI=1S/C17H26N4O2/c1-14-5-2-8-20(12-14)13-15(11-18)17(23)19-7-4-10-21-9-3-6-16(21)22/h13-14H,2-10,12H2,1H3,(H,19,23)/b15-13-. The van der Waals surface area contributed by atoms with Crippen LogP contribution in [0.15, 0.2) is 11.8 Å². The molecule has 0 aromatic rings. The minimum Gasteiger partial charge on any atom is -0.376 e. The Hall–Kier alpha value is -2.03. The van der Waals surface area contributed by atoms with Gasteiger partial charge in [-0.25, -0.2) is 0 Å². The summed E-state index contributed by atoms with van der Waals surface area (Å²) in [6.07, 6.45) is 6.28. The Labute approximate surface area is 138 Å². The third-order valence-corrected chi connectivity index (χ3v) is 4.43. The van der Waals surface area contributed by atoms with Crippen LogP contribution in [0, 0.1) is 17.2 Å². The highest BCUT2D eigenvalue weighted by Crippen LogP contribution is 2.16. The SMILES string of the molecule is CC1CCCN(/C=C(/C#N)C(=O)NCCCN2CCCC2=O)C1. The summed E-state index contributed by atoms with van der Waals surface area (Å²) in [7, 11) is 0. The quantitative estimate of drug-likeness (QED) is 0.454. The number of hydrogen-bond donors (Lipinski definition) is 1. The molecule has 2 amide bonds. The van der Waals surface area contributed by atoms with Gasteiger partial charge in [0.25, 0.3) is 5.91 Å². The molecule has 23 heavy (non-hydrogen) atoms. The Balaban J connectivity index is 1.74. The van der Waals surface area contributed by atoms with Gasteiger partial charge in [0.2, 0.25) is 5.91 Å². The molecule has 0 spiro atoms. The first-order chi connectivity index (χ1) is 11.1. The number of hydrogen-bond acceptors (Lipinski definition) is 4. The van der Waals surface area contributed by atoms with Crippen LogP contribution in [0.5, 0.6) is 0 Å². The van der Waals surface area contributed by atoms with Crippen LogP contribution in [0.25, 0.3) is 0 Å². The zero-order valence-electron chi connectivity index (χ0n) is 13.9. The Morgan fingerprint density at radius 1 is 1.43 bits per heavy atom. The van der Waals surface area contributed by atoms with Crippen molar-refractivity contribution >= 4 is 11.8 Å². The van der Waals surface area contributed by atoms with E-state index in [2.05, 4.69) is 17.1 Å². The summed E-state index contributed by atoms with van der Waals surface area (Å²) < 4.78 is 0. The highest BCUT2D eigenvalue weighted by atomic mass is 16.2. The van der Waals surface area contributed by atoms with Crippen molar-refractivity contribution in [1.82, 2.24) is 15.1 Å². The molecule has 6 heteroatoms. The number of nitriles is 1. The molecule has 2 aliphatic rings. The fraction of sp³-hybridized carbons (Fsp3) is 0.706. The summed E-state index contributed by atoms with van der Waals surface area (Å²) in [6, 6.07) is 2.00. The summed E-state index contributed by atoms with van der Waals surface area (Å²) >= 11 is 0. The second-order valence-electron chi connectivity index (χ2n) is 6.49. The first-order valence-corrected chi connectivity index (χ1v) is 8.52. The van der Waals surface area contributed by atoms with Crippen LogP contribution in [0.3, 0.4) is 0 Å². The van der Waals surface area contributed by atoms with Crippen LogP contribution in [0.2, 0.25) is 0 Å². The lowest BCUT2D eigenvalue weighted by molar-refractivity contribution is -0.127. The van der Waals surface area contributed by atoms with E-state index in [9.17, 15) is 14.9 Å². The van der Waals surface area contributed by atoms with Crippen molar-refractivity contribution in [3.8, 4) is 6.07 Å². The van der Waals surface area contributed by atoms with Gasteiger partial charge in [-0.1, -0.05) is 6.92 Å². The number of carbonyl (C=O) groups is 2. The Morgan fingerprint density at radius 3 is 2.91 bits per heavy atom. The number of rotatable bonds is 6. The average molecular weight is 318 g/mol. The van der Waals surface area contributed by atoms with Gasteiger partial charge >= 0.3 is 0 Å². The Bertz CT molecular complexity index is 509. The highest BCUT2D eigenvalue weighted by Gasteiger charge is 2.19. The lowest BCUT2D eigenvalue weighted by atomic mass is 10.0. The fourth-order valence-electron chi connectivity index (χ4n) is 3.17. The average Bonchev–Trinajstić information content (AvgIpc) is 2.94. The summed E-state index contributed by atoms with van der Waals surface area (Å²) in [6.45, 7) is 5.97. The predicted octanol–water partition coefficient (Wildman–Crippen LogP) is 1.25. The molecule has 0 aliphatic carbocycles. The van der Waals surface area contributed by atoms with Crippen molar-refractivity contribution < 1.29 is 9.59 Å². The van der Waals surface area contributed by atoms with Gasteiger partial charge < -0.3 is 15.1 Å². The van der Waals surface area contributed by atoms with Crippen LogP contribution in [-0.4, -0.2) is 54.3 Å². The molecule has 0 radical (unpaired) electrons. The Morgan fingerprint density at radius 2 is 2.26 bits per heavy atom. The summed E-state index contributed by atoms with van der Waals surface area (Å²) in [4.78, 5) is 27.5. The number of carbonyl (C=O) groups excluding carboxylic acids is 2. The topological polar surface area (TPSA) is 76.4 Å². The number of nitrogens with one attached hydrogen (secondary N) is 1. The second kappa shape index (κ2) is 8.56. The summed E-state index contributed by atoms with van der Waals surface area (Å²) in [5.41, 5.74) is 0.163. The molecule has 0 aromatic carbocycles. The monoisotopic (exact) mass is 318 g/mol. The molecule has 2 rings (SSSR count). The van der Waals surface area contributed by atoms with E-state index in [1.807, 2.05) is 11.0 Å². The smallest absolute Gasteiger partial charge is 0.263 e. The second-order valence-corrected chi connectivity index (χ2v) is 6.49. The molecule has 2 fully saturated rings. The molecule has 1 atom stereocenters. The molecule has 0 saturated carbocycles. The first-order valence-electron chi connectivity index (χ1n) is 8.52. The first kappa shape index (κ1) is 17.3. The van der Waals surface area contributed by atoms with Crippen molar-refractivity contribution in [2.45, 2.75) is 39.0 Å². The van der Waals surface area contributed by atoms with Crippen molar-refractivity contribution in [3.63, 3.8) is 0 Å². The van der Waals surface area contributed by atoms with Gasteiger partial charge in [0.15, 0.2) is 0 Å². The normalized spacial score (nSPS) is 22.2. The molecule has 6 nitrogen and oxygen atoms in total. The van der Waals surface area contributed by atoms with Crippen molar-refractivity contribution in [2.75, 3.05) is 32.7 Å². The molecular formula is C17H26N4O2. The van der Waals surface area contributed by atoms with Gasteiger partial charge in [0.1, 0.15) is 11.6 Å². The van der Waals surface area contributed by atoms with E-state index in [4.69, 9.17) is 0 Å². The summed E-state index contributed by atoms with van der Waals surface area (Å²) in [5.74, 6) is 0.479. The van der Waals surface area contributed by atoms with Crippen LogP contribution in [0.1, 0.15) is 39.0 Å². The molecule has 126 valence electrons.